The Labute approximate surface area is 95.8 Å². The van der Waals surface area contributed by atoms with Gasteiger partial charge in [-0.2, -0.15) is 0 Å². The number of halogens is 1. The van der Waals surface area contributed by atoms with Gasteiger partial charge in [0.25, 0.3) is 0 Å². The molecule has 0 bridgehead atoms. The number of hydrogen-bond acceptors (Lipinski definition) is 2. The quantitative estimate of drug-likeness (QED) is 0.794. The minimum Gasteiger partial charge on any atom is -0.366 e. The number of hydrogen-bond donors (Lipinski definition) is 2. The van der Waals surface area contributed by atoms with Gasteiger partial charge in [-0.05, 0) is 18.1 Å². The second-order valence-electron chi connectivity index (χ2n) is 3.01. The first-order valence-corrected chi connectivity index (χ1v) is 5.47. The lowest BCUT2D eigenvalue weighted by molar-refractivity contribution is 0.0966. The van der Waals surface area contributed by atoms with E-state index in [-0.39, 0.29) is 11.1 Å². The van der Waals surface area contributed by atoms with E-state index < -0.39 is 11.8 Å². The molecule has 5 heteroatoms. The van der Waals surface area contributed by atoms with Gasteiger partial charge >= 0.3 is 0 Å². The maximum Gasteiger partial charge on any atom is 0.249 e. The summed E-state index contributed by atoms with van der Waals surface area (Å²) in [6.45, 7) is 0. The summed E-state index contributed by atoms with van der Waals surface area (Å²) in [7, 11) is 0. The summed E-state index contributed by atoms with van der Waals surface area (Å²) < 4.78 is 0. The molecule has 0 heterocycles. The van der Waals surface area contributed by atoms with Gasteiger partial charge < -0.3 is 11.5 Å². The fourth-order valence-corrected chi connectivity index (χ4v) is 1.83. The van der Waals surface area contributed by atoms with E-state index in [4.69, 9.17) is 11.5 Å². The molecule has 4 nitrogen and oxygen atoms in total. The molecule has 0 aromatic heterocycles. The molecule has 1 aromatic carbocycles. The smallest absolute Gasteiger partial charge is 0.249 e. The number of carbonyl (C=O) groups is 2. The summed E-state index contributed by atoms with van der Waals surface area (Å²) in [5.74, 6) is -1.26. The summed E-state index contributed by atoms with van der Waals surface area (Å²) in [5.41, 5.74) is 11.5. The Bertz CT molecular complexity index is 404. The topological polar surface area (TPSA) is 86.2 Å². The summed E-state index contributed by atoms with van der Waals surface area (Å²) in [6.07, 6.45) is 0.624. The zero-order chi connectivity index (χ0) is 11.4. The van der Waals surface area contributed by atoms with Gasteiger partial charge in [0.1, 0.15) is 0 Å². The Morgan fingerprint density at radius 3 is 2.33 bits per heavy atom. The Morgan fingerprint density at radius 2 is 1.87 bits per heavy atom. The Hall–Kier alpha value is -1.36. The zero-order valence-corrected chi connectivity index (χ0v) is 9.58. The normalized spacial score (nSPS) is 9.93. The summed E-state index contributed by atoms with van der Waals surface area (Å²) in [4.78, 5) is 22.3. The predicted molar refractivity (Wildman–Crippen MR) is 61.0 cm³/mol. The van der Waals surface area contributed by atoms with E-state index in [0.717, 1.165) is 5.56 Å². The lowest BCUT2D eigenvalue weighted by atomic mass is 9.98. The molecular formula is C10H11BrN2O2. The van der Waals surface area contributed by atoms with Crippen molar-refractivity contribution in [3.8, 4) is 0 Å². The largest absolute Gasteiger partial charge is 0.366 e. The van der Waals surface area contributed by atoms with Crippen molar-refractivity contribution in [1.29, 1.82) is 0 Å². The number of rotatable bonds is 4. The van der Waals surface area contributed by atoms with Crippen LogP contribution in [0.3, 0.4) is 0 Å². The predicted octanol–water partition coefficient (Wildman–Crippen LogP) is 0.822. The first-order valence-electron chi connectivity index (χ1n) is 4.35. The molecule has 0 fully saturated rings. The number of alkyl halides is 1. The average molecular weight is 271 g/mol. The van der Waals surface area contributed by atoms with E-state index in [1.807, 2.05) is 0 Å². The fourth-order valence-electron chi connectivity index (χ4n) is 1.41. The number of carbonyl (C=O) groups excluding carboxylic acids is 2. The van der Waals surface area contributed by atoms with Crippen molar-refractivity contribution in [1.82, 2.24) is 0 Å². The van der Waals surface area contributed by atoms with Crippen LogP contribution in [-0.2, 0) is 6.42 Å². The number of aryl methyl sites for hydroxylation is 1. The monoisotopic (exact) mass is 270 g/mol. The molecule has 1 rings (SSSR count). The van der Waals surface area contributed by atoms with Crippen LogP contribution in [0.4, 0.5) is 0 Å². The molecule has 0 unspecified atom stereocenters. The van der Waals surface area contributed by atoms with Gasteiger partial charge in [0.05, 0.1) is 11.1 Å². The van der Waals surface area contributed by atoms with Crippen LogP contribution in [0.2, 0.25) is 0 Å². The van der Waals surface area contributed by atoms with Crippen molar-refractivity contribution in [3.63, 3.8) is 0 Å². The fraction of sp³-hybridized carbons (Fsp3) is 0.200. The van der Waals surface area contributed by atoms with Gasteiger partial charge in [0, 0.05) is 5.33 Å². The van der Waals surface area contributed by atoms with Crippen LogP contribution in [0.15, 0.2) is 18.2 Å². The second kappa shape index (κ2) is 4.93. The van der Waals surface area contributed by atoms with Crippen LogP contribution in [0.5, 0.6) is 0 Å². The van der Waals surface area contributed by atoms with Crippen LogP contribution < -0.4 is 11.5 Å². The highest BCUT2D eigenvalue weighted by molar-refractivity contribution is 9.09. The molecule has 0 aliphatic carbocycles. The molecule has 0 spiro atoms. The summed E-state index contributed by atoms with van der Waals surface area (Å²) in [5, 5.41) is 0.690. The van der Waals surface area contributed by atoms with E-state index in [0.29, 0.717) is 11.8 Å². The highest BCUT2D eigenvalue weighted by Crippen LogP contribution is 2.15. The summed E-state index contributed by atoms with van der Waals surface area (Å²) in [6, 6.07) is 4.94. The third kappa shape index (κ3) is 2.56. The summed E-state index contributed by atoms with van der Waals surface area (Å²) >= 11 is 3.26. The molecular weight excluding hydrogens is 260 g/mol. The van der Waals surface area contributed by atoms with Gasteiger partial charge in [0.2, 0.25) is 11.8 Å². The van der Waals surface area contributed by atoms with Crippen molar-refractivity contribution < 1.29 is 9.59 Å². The van der Waals surface area contributed by atoms with Crippen molar-refractivity contribution in [2.24, 2.45) is 11.5 Å². The highest BCUT2D eigenvalue weighted by Gasteiger charge is 2.16. The average Bonchev–Trinajstić information content (AvgIpc) is 2.17. The number of benzene rings is 1. The minimum absolute atomic E-state index is 0.181. The maximum atomic E-state index is 11.2. The molecule has 0 radical (unpaired) electrons. The van der Waals surface area contributed by atoms with Crippen molar-refractivity contribution in [2.75, 3.05) is 5.33 Å². The van der Waals surface area contributed by atoms with E-state index in [1.165, 1.54) is 6.07 Å². The second-order valence-corrected chi connectivity index (χ2v) is 3.80. The molecule has 0 aliphatic heterocycles. The van der Waals surface area contributed by atoms with Crippen LogP contribution in [0.25, 0.3) is 0 Å². The van der Waals surface area contributed by atoms with Crippen molar-refractivity contribution in [3.05, 3.63) is 34.9 Å². The Morgan fingerprint density at radius 1 is 1.20 bits per heavy atom. The van der Waals surface area contributed by atoms with Crippen molar-refractivity contribution >= 4 is 27.7 Å². The molecule has 15 heavy (non-hydrogen) atoms. The van der Waals surface area contributed by atoms with Gasteiger partial charge in [0.15, 0.2) is 0 Å². The lowest BCUT2D eigenvalue weighted by Crippen LogP contribution is -2.22. The molecule has 1 aromatic rings. The Balaban J connectivity index is 3.34. The van der Waals surface area contributed by atoms with Gasteiger partial charge in [-0.1, -0.05) is 28.1 Å². The van der Waals surface area contributed by atoms with Crippen LogP contribution in [0.1, 0.15) is 26.3 Å². The van der Waals surface area contributed by atoms with Gasteiger partial charge in [-0.3, -0.25) is 9.59 Å². The molecule has 4 N–H and O–H groups in total. The minimum atomic E-state index is -0.639. The van der Waals surface area contributed by atoms with Gasteiger partial charge in [-0.15, -0.1) is 0 Å². The van der Waals surface area contributed by atoms with E-state index >= 15 is 0 Å². The first kappa shape index (κ1) is 11.7. The highest BCUT2D eigenvalue weighted by atomic mass is 79.9. The van der Waals surface area contributed by atoms with Gasteiger partial charge in [-0.25, -0.2) is 0 Å². The van der Waals surface area contributed by atoms with Crippen LogP contribution in [0, 0.1) is 0 Å². The standard InChI is InChI=1S/C10H11BrN2O2/c11-5-4-6-2-1-3-7(9(12)14)8(6)10(13)15/h1-3H,4-5H2,(H2,12,14)(H2,13,15). The first-order chi connectivity index (χ1) is 7.07. The number of amides is 2. The maximum absolute atomic E-state index is 11.2. The molecule has 0 saturated carbocycles. The number of primary amides is 2. The molecule has 80 valence electrons. The SMILES string of the molecule is NC(=O)c1cccc(CCBr)c1C(N)=O. The van der Waals surface area contributed by atoms with Crippen LogP contribution >= 0.6 is 15.9 Å². The van der Waals surface area contributed by atoms with E-state index in [1.54, 1.807) is 12.1 Å². The number of nitrogens with two attached hydrogens (primary N) is 2. The van der Waals surface area contributed by atoms with Crippen molar-refractivity contribution in [2.45, 2.75) is 6.42 Å². The van der Waals surface area contributed by atoms with Crippen LogP contribution in [-0.4, -0.2) is 17.1 Å². The third-order valence-electron chi connectivity index (χ3n) is 2.03. The molecule has 0 atom stereocenters. The van der Waals surface area contributed by atoms with E-state index in [2.05, 4.69) is 15.9 Å². The molecule has 0 saturated heterocycles. The van der Waals surface area contributed by atoms with E-state index in [9.17, 15) is 9.59 Å². The third-order valence-corrected chi connectivity index (χ3v) is 2.42. The molecule has 0 aliphatic rings. The molecule has 2 amide bonds. The Kier molecular flexibility index (Phi) is 3.85. The lowest BCUT2D eigenvalue weighted by Gasteiger charge is -2.08. The zero-order valence-electron chi connectivity index (χ0n) is 8.00.